The van der Waals surface area contributed by atoms with Crippen molar-refractivity contribution in [3.05, 3.63) is 12.7 Å². The Kier molecular flexibility index (Phi) is 369. The van der Waals surface area contributed by atoms with Crippen molar-refractivity contribution in [2.24, 2.45) is 0 Å². The number of allylic oxidation sites excluding steroid dienone is 1. The molecule has 0 N–H and O–H groups in total. The summed E-state index contributed by atoms with van der Waals surface area (Å²) in [6.45, 7) is 3.06. The van der Waals surface area contributed by atoms with Gasteiger partial charge in [-0.15, -0.1) is 0 Å². The summed E-state index contributed by atoms with van der Waals surface area (Å²) in [6, 6.07) is 0. The summed E-state index contributed by atoms with van der Waals surface area (Å²) in [5, 5.41) is 0. The molecule has 0 saturated heterocycles. The Labute approximate surface area is 120 Å². The molecule has 0 unspecified atom stereocenters. The second kappa shape index (κ2) is 65.5. The Hall–Kier alpha value is 2.24. The average Bonchev–Trinajstić information content (AvgIpc) is 1.37. The van der Waals surface area contributed by atoms with Crippen molar-refractivity contribution in [2.45, 2.75) is 0 Å². The average molecular weight is 200 g/mol. The van der Waals surface area contributed by atoms with Gasteiger partial charge in [0.05, 0.1) is 0 Å². The largest absolute Gasteiger partial charge is 2.00 e. The normalized spacial score (nSPS) is 2.00. The van der Waals surface area contributed by atoms with Gasteiger partial charge in [0, 0.05) is 0 Å². The van der Waals surface area contributed by atoms with E-state index in [1.54, 1.807) is 0 Å². The van der Waals surface area contributed by atoms with Crippen molar-refractivity contribution in [3.63, 3.8) is 0 Å². The van der Waals surface area contributed by atoms with Gasteiger partial charge in [0.2, 0.25) is 0 Å². The zero-order valence-electron chi connectivity index (χ0n) is 6.03. The molecular weight excluding hydrogens is 197 g/mol. The standard InChI is InChI=1S/C3H3O.3ClH.2Li.Mg/c1-2-3-4;;;;;;/h2H,1H2;3*1H;;;/q-1;;;;2*+1;+2/p-3. The number of hydrogen-bond donors (Lipinski definition) is 0. The molecule has 0 spiro atoms. The second-order valence-corrected chi connectivity index (χ2v) is 0.322. The maximum Gasteiger partial charge on any atom is 2.00 e. The first kappa shape index (κ1) is 56.3. The van der Waals surface area contributed by atoms with Crippen LogP contribution in [0, 0.1) is 0 Å². The molecule has 0 amide bonds. The Morgan fingerprint density at radius 1 is 1.10 bits per heavy atom. The Balaban J connectivity index is -0.00000000300. The van der Waals surface area contributed by atoms with Crippen molar-refractivity contribution in [1.82, 2.24) is 0 Å². The topological polar surface area (TPSA) is 17.1 Å². The molecule has 0 aliphatic heterocycles. The second-order valence-electron chi connectivity index (χ2n) is 0.322. The molecule has 0 aliphatic carbocycles. The SMILES string of the molecule is C=C[C-]=O.[Cl-].[Cl-].[Cl-].[Li+].[Li+].[Mg+2]. The molecule has 0 radical (unpaired) electrons. The summed E-state index contributed by atoms with van der Waals surface area (Å²) < 4.78 is 0. The molecule has 0 fully saturated rings. The van der Waals surface area contributed by atoms with Crippen LogP contribution in [0.25, 0.3) is 0 Å². The van der Waals surface area contributed by atoms with Crippen molar-refractivity contribution in [2.75, 3.05) is 0 Å². The smallest absolute Gasteiger partial charge is 1.00 e. The molecule has 0 rings (SSSR count). The van der Waals surface area contributed by atoms with Crippen LogP contribution in [0.2, 0.25) is 0 Å². The fraction of sp³-hybridized carbons (Fsp3) is 0. The molecule has 10 heavy (non-hydrogen) atoms. The van der Waals surface area contributed by atoms with E-state index in [1.165, 1.54) is 6.29 Å². The van der Waals surface area contributed by atoms with Crippen LogP contribution in [-0.4, -0.2) is 29.3 Å². The van der Waals surface area contributed by atoms with Gasteiger partial charge < -0.3 is 42.0 Å². The Bertz CT molecular complexity index is 42.7. The monoisotopic (exact) mass is 198 g/mol. The molecule has 0 aromatic carbocycles. The van der Waals surface area contributed by atoms with Gasteiger partial charge in [0.15, 0.2) is 0 Å². The Morgan fingerprint density at radius 2 is 1.20 bits per heavy atom. The van der Waals surface area contributed by atoms with E-state index >= 15 is 0 Å². The van der Waals surface area contributed by atoms with Crippen LogP contribution in [-0.2, 0) is 4.79 Å². The number of hydrogen-bond acceptors (Lipinski definition) is 1. The van der Waals surface area contributed by atoms with Crippen molar-refractivity contribution >= 4 is 29.3 Å². The van der Waals surface area contributed by atoms with Crippen LogP contribution >= 0.6 is 0 Å². The van der Waals surface area contributed by atoms with Crippen LogP contribution in [0.15, 0.2) is 12.7 Å². The molecule has 0 saturated carbocycles. The molecule has 0 aliphatic rings. The summed E-state index contributed by atoms with van der Waals surface area (Å²) >= 11 is 0. The fourth-order valence-electron chi connectivity index (χ4n) is 0. The molecule has 0 heterocycles. The van der Waals surface area contributed by atoms with E-state index in [1.807, 2.05) is 0 Å². The minimum atomic E-state index is 0. The summed E-state index contributed by atoms with van der Waals surface area (Å²) in [5.41, 5.74) is 0. The van der Waals surface area contributed by atoms with Gasteiger partial charge in [-0.25, -0.2) is 12.7 Å². The third-order valence-corrected chi connectivity index (χ3v) is 0.0833. The molecular formula is C3H3Cl3Li2MgO. The van der Waals surface area contributed by atoms with E-state index in [2.05, 4.69) is 6.58 Å². The van der Waals surface area contributed by atoms with E-state index in [-0.39, 0.29) is 98.0 Å². The zero-order chi connectivity index (χ0) is 3.41. The quantitative estimate of drug-likeness (QED) is 0.233. The van der Waals surface area contributed by atoms with E-state index in [4.69, 9.17) is 4.79 Å². The number of halogens is 3. The van der Waals surface area contributed by atoms with E-state index in [9.17, 15) is 0 Å². The zero-order valence-corrected chi connectivity index (χ0v) is 9.72. The van der Waals surface area contributed by atoms with E-state index in [0.717, 1.165) is 6.08 Å². The summed E-state index contributed by atoms with van der Waals surface area (Å²) in [5.74, 6) is 0. The predicted molar refractivity (Wildman–Crippen MR) is 21.6 cm³/mol. The first-order valence-corrected chi connectivity index (χ1v) is 0.901. The predicted octanol–water partition coefficient (Wildman–Crippen LogP) is -15.1. The van der Waals surface area contributed by atoms with Gasteiger partial charge >= 0.3 is 60.8 Å². The van der Waals surface area contributed by atoms with Gasteiger partial charge in [-0.1, -0.05) is 0 Å². The summed E-state index contributed by atoms with van der Waals surface area (Å²) in [4.78, 5) is 8.93. The summed E-state index contributed by atoms with van der Waals surface area (Å²) in [6.07, 6.45) is 2.51. The first-order chi connectivity index (χ1) is 1.91. The van der Waals surface area contributed by atoms with Crippen LogP contribution in [0.1, 0.15) is 0 Å². The fourth-order valence-corrected chi connectivity index (χ4v) is 0. The van der Waals surface area contributed by atoms with Crippen molar-refractivity contribution in [3.8, 4) is 0 Å². The molecule has 0 atom stereocenters. The van der Waals surface area contributed by atoms with Crippen molar-refractivity contribution < 1.29 is 79.7 Å². The minimum absolute atomic E-state index is 0. The molecule has 0 aromatic rings. The molecule has 0 bridgehead atoms. The van der Waals surface area contributed by atoms with Crippen LogP contribution < -0.4 is 74.9 Å². The van der Waals surface area contributed by atoms with Crippen LogP contribution in [0.4, 0.5) is 0 Å². The first-order valence-electron chi connectivity index (χ1n) is 0.901. The third-order valence-electron chi connectivity index (χ3n) is 0.0833. The van der Waals surface area contributed by atoms with Gasteiger partial charge in [-0.05, 0) is 6.29 Å². The number of rotatable bonds is 1. The Morgan fingerprint density at radius 3 is 1.20 bits per heavy atom. The maximum atomic E-state index is 8.93. The minimum Gasteiger partial charge on any atom is -1.00 e. The van der Waals surface area contributed by atoms with Crippen LogP contribution in [0.3, 0.4) is 0 Å². The molecule has 0 aromatic heterocycles. The van der Waals surface area contributed by atoms with Gasteiger partial charge in [-0.3, -0.25) is 0 Å². The van der Waals surface area contributed by atoms with Gasteiger partial charge in [-0.2, -0.15) is 0 Å². The number of carbonyl (C=O) groups excluding carboxylic acids is 1. The third kappa shape index (κ3) is 83.3. The summed E-state index contributed by atoms with van der Waals surface area (Å²) in [7, 11) is 0. The molecule has 7 heteroatoms. The van der Waals surface area contributed by atoms with Crippen LogP contribution in [0.5, 0.6) is 0 Å². The van der Waals surface area contributed by atoms with Gasteiger partial charge in [0.1, 0.15) is 0 Å². The van der Waals surface area contributed by atoms with E-state index in [0.29, 0.717) is 0 Å². The van der Waals surface area contributed by atoms with E-state index < -0.39 is 0 Å². The molecule has 46 valence electrons. The maximum absolute atomic E-state index is 8.93. The molecule has 1 nitrogen and oxygen atoms in total. The van der Waals surface area contributed by atoms with Gasteiger partial charge in [0.25, 0.3) is 0 Å². The van der Waals surface area contributed by atoms with Crippen molar-refractivity contribution in [1.29, 1.82) is 0 Å².